The Kier molecular flexibility index (Phi) is 11.8. The smallest absolute Gasteiger partial charge is 0.377 e. The Balaban J connectivity index is 5.13. The van der Waals surface area contributed by atoms with E-state index in [0.29, 0.717) is 6.04 Å². The SMILES string of the molecule is CCCCCCC(C[Si](OC)(OC)OC)[Si](OC)(OC)OC. The first-order valence-electron chi connectivity index (χ1n) is 7.84. The van der Waals surface area contributed by atoms with Gasteiger partial charge in [0.25, 0.3) is 0 Å². The standard InChI is InChI=1S/C14H34O6Si2/c1-8-9-10-11-12-14(22(18-5,19-6)20-7)13-21(15-2,16-3)17-4/h14H,8-13H2,1-7H3. The highest BCUT2D eigenvalue weighted by atomic mass is 28.4. The van der Waals surface area contributed by atoms with Crippen LogP contribution in [0.1, 0.15) is 39.0 Å². The topological polar surface area (TPSA) is 55.4 Å². The average molecular weight is 355 g/mol. The minimum absolute atomic E-state index is 0.0934. The van der Waals surface area contributed by atoms with Gasteiger partial charge in [0.05, 0.1) is 0 Å². The van der Waals surface area contributed by atoms with E-state index in [1.54, 1.807) is 42.7 Å². The van der Waals surface area contributed by atoms with Gasteiger partial charge in [-0.3, -0.25) is 0 Å². The highest BCUT2D eigenvalue weighted by Crippen LogP contribution is 2.37. The molecule has 0 N–H and O–H groups in total. The Hall–Kier alpha value is 0.194. The summed E-state index contributed by atoms with van der Waals surface area (Å²) in [6.07, 6.45) is 5.68. The van der Waals surface area contributed by atoms with Crippen LogP contribution >= 0.6 is 0 Å². The minimum atomic E-state index is -2.77. The molecule has 22 heavy (non-hydrogen) atoms. The van der Waals surface area contributed by atoms with Gasteiger partial charge in [0.15, 0.2) is 0 Å². The zero-order valence-corrected chi connectivity index (χ0v) is 17.3. The van der Waals surface area contributed by atoms with Gasteiger partial charge in [-0.2, -0.15) is 0 Å². The summed E-state index contributed by atoms with van der Waals surface area (Å²) in [6.45, 7) is 2.20. The molecule has 0 saturated heterocycles. The molecule has 134 valence electrons. The first-order valence-corrected chi connectivity index (χ1v) is 11.6. The van der Waals surface area contributed by atoms with E-state index in [4.69, 9.17) is 26.6 Å². The largest absolute Gasteiger partial charge is 0.503 e. The number of hydrogen-bond acceptors (Lipinski definition) is 6. The van der Waals surface area contributed by atoms with E-state index >= 15 is 0 Å². The molecule has 0 saturated carbocycles. The van der Waals surface area contributed by atoms with Gasteiger partial charge < -0.3 is 26.6 Å². The summed E-state index contributed by atoms with van der Waals surface area (Å²) in [5.74, 6) is 0. The van der Waals surface area contributed by atoms with Crippen LogP contribution in [-0.2, 0) is 26.6 Å². The van der Waals surface area contributed by atoms with Gasteiger partial charge in [0.2, 0.25) is 0 Å². The van der Waals surface area contributed by atoms with Crippen molar-refractivity contribution in [1.29, 1.82) is 0 Å². The normalized spacial score (nSPS) is 14.3. The predicted octanol–water partition coefficient (Wildman–Crippen LogP) is 3.08. The van der Waals surface area contributed by atoms with Crippen molar-refractivity contribution in [2.75, 3.05) is 42.7 Å². The molecule has 0 aromatic carbocycles. The summed E-state index contributed by atoms with van der Waals surface area (Å²) in [6, 6.07) is 0.629. The van der Waals surface area contributed by atoms with E-state index in [0.717, 1.165) is 12.8 Å². The van der Waals surface area contributed by atoms with Gasteiger partial charge in [0.1, 0.15) is 0 Å². The molecule has 0 amide bonds. The maximum absolute atomic E-state index is 5.68. The lowest BCUT2D eigenvalue weighted by atomic mass is 10.1. The molecular weight excluding hydrogens is 320 g/mol. The van der Waals surface area contributed by atoms with Crippen LogP contribution in [0.2, 0.25) is 11.6 Å². The lowest BCUT2D eigenvalue weighted by Crippen LogP contribution is -2.53. The molecule has 0 aliphatic rings. The predicted molar refractivity (Wildman–Crippen MR) is 90.9 cm³/mol. The zero-order chi connectivity index (χ0) is 17.1. The van der Waals surface area contributed by atoms with Gasteiger partial charge in [0, 0.05) is 54.2 Å². The van der Waals surface area contributed by atoms with E-state index < -0.39 is 17.6 Å². The lowest BCUT2D eigenvalue weighted by molar-refractivity contribution is 0.0957. The van der Waals surface area contributed by atoms with Crippen LogP contribution in [0.5, 0.6) is 0 Å². The molecule has 0 aliphatic heterocycles. The number of unbranched alkanes of at least 4 members (excludes halogenated alkanes) is 3. The molecule has 0 aromatic heterocycles. The van der Waals surface area contributed by atoms with Gasteiger partial charge in [-0.15, -0.1) is 0 Å². The maximum Gasteiger partial charge on any atom is 0.503 e. The Morgan fingerprint density at radius 3 is 1.55 bits per heavy atom. The van der Waals surface area contributed by atoms with E-state index in [1.165, 1.54) is 19.3 Å². The second-order valence-electron chi connectivity index (χ2n) is 5.26. The van der Waals surface area contributed by atoms with Crippen LogP contribution < -0.4 is 0 Å². The van der Waals surface area contributed by atoms with Gasteiger partial charge >= 0.3 is 17.6 Å². The van der Waals surface area contributed by atoms with Crippen molar-refractivity contribution in [3.63, 3.8) is 0 Å². The van der Waals surface area contributed by atoms with Crippen molar-refractivity contribution in [2.45, 2.75) is 50.6 Å². The summed E-state index contributed by atoms with van der Waals surface area (Å²) in [5.41, 5.74) is 0.0934. The molecule has 0 aliphatic carbocycles. The highest BCUT2D eigenvalue weighted by Gasteiger charge is 2.53. The summed E-state index contributed by atoms with van der Waals surface area (Å²) in [7, 11) is 4.34. The average Bonchev–Trinajstić information content (AvgIpc) is 2.58. The quantitative estimate of drug-likeness (QED) is 0.353. The van der Waals surface area contributed by atoms with Gasteiger partial charge in [-0.05, 0) is 6.42 Å². The molecule has 0 rings (SSSR count). The van der Waals surface area contributed by atoms with Crippen molar-refractivity contribution in [3.8, 4) is 0 Å². The van der Waals surface area contributed by atoms with Crippen molar-refractivity contribution in [1.82, 2.24) is 0 Å². The van der Waals surface area contributed by atoms with Crippen LogP contribution in [-0.4, -0.2) is 60.3 Å². The first kappa shape index (κ1) is 22.2. The highest BCUT2D eigenvalue weighted by molar-refractivity contribution is 6.67. The van der Waals surface area contributed by atoms with Crippen molar-refractivity contribution in [3.05, 3.63) is 0 Å². The number of hydrogen-bond donors (Lipinski definition) is 0. The summed E-state index contributed by atoms with van der Waals surface area (Å²) >= 11 is 0. The van der Waals surface area contributed by atoms with Crippen molar-refractivity contribution >= 4 is 17.6 Å². The third kappa shape index (κ3) is 6.01. The monoisotopic (exact) mass is 354 g/mol. The van der Waals surface area contributed by atoms with Crippen LogP contribution in [0.3, 0.4) is 0 Å². The van der Waals surface area contributed by atoms with E-state index in [1.807, 2.05) is 0 Å². The summed E-state index contributed by atoms with van der Waals surface area (Å²) in [4.78, 5) is 0. The molecule has 6 nitrogen and oxygen atoms in total. The van der Waals surface area contributed by atoms with Crippen molar-refractivity contribution in [2.24, 2.45) is 0 Å². The molecular formula is C14H34O6Si2. The van der Waals surface area contributed by atoms with E-state index in [-0.39, 0.29) is 5.54 Å². The molecule has 0 bridgehead atoms. The molecule has 1 atom stereocenters. The molecule has 8 heteroatoms. The van der Waals surface area contributed by atoms with E-state index in [2.05, 4.69) is 6.92 Å². The number of rotatable bonds is 14. The fourth-order valence-electron chi connectivity index (χ4n) is 2.77. The molecule has 0 spiro atoms. The fourth-order valence-corrected chi connectivity index (χ4v) is 8.39. The van der Waals surface area contributed by atoms with Crippen LogP contribution in [0.25, 0.3) is 0 Å². The summed E-state index contributed by atoms with van der Waals surface area (Å²) < 4.78 is 33.8. The first-order chi connectivity index (χ1) is 10.5. The fraction of sp³-hybridized carbons (Fsp3) is 1.00. The molecule has 0 radical (unpaired) electrons. The van der Waals surface area contributed by atoms with Crippen LogP contribution in [0.15, 0.2) is 0 Å². The molecule has 0 aromatic rings. The minimum Gasteiger partial charge on any atom is -0.377 e. The molecule has 0 heterocycles. The molecule has 1 unspecified atom stereocenters. The summed E-state index contributed by atoms with van der Waals surface area (Å²) in [5, 5.41) is 0. The van der Waals surface area contributed by atoms with Crippen LogP contribution in [0.4, 0.5) is 0 Å². The Morgan fingerprint density at radius 2 is 1.18 bits per heavy atom. The Bertz CT molecular complexity index is 256. The van der Waals surface area contributed by atoms with Gasteiger partial charge in [-0.25, -0.2) is 0 Å². The molecule has 0 fully saturated rings. The second kappa shape index (κ2) is 11.7. The maximum atomic E-state index is 5.68. The zero-order valence-electron chi connectivity index (χ0n) is 15.3. The third-order valence-corrected chi connectivity index (χ3v) is 10.7. The van der Waals surface area contributed by atoms with Gasteiger partial charge in [-0.1, -0.05) is 32.6 Å². The van der Waals surface area contributed by atoms with Crippen molar-refractivity contribution < 1.29 is 26.6 Å². The Morgan fingerprint density at radius 1 is 0.682 bits per heavy atom. The third-order valence-electron chi connectivity index (χ3n) is 4.19. The lowest BCUT2D eigenvalue weighted by Gasteiger charge is -2.36. The second-order valence-corrected chi connectivity index (χ2v) is 11.5. The van der Waals surface area contributed by atoms with E-state index in [9.17, 15) is 0 Å². The Labute approximate surface area is 138 Å². The van der Waals surface area contributed by atoms with Crippen LogP contribution in [0, 0.1) is 0 Å².